The van der Waals surface area contributed by atoms with E-state index in [-0.39, 0.29) is 11.7 Å². The van der Waals surface area contributed by atoms with Crippen molar-refractivity contribution in [3.8, 4) is 0 Å². The van der Waals surface area contributed by atoms with Gasteiger partial charge in [0.1, 0.15) is 16.4 Å². The summed E-state index contributed by atoms with van der Waals surface area (Å²) in [5, 5.41) is 12.0. The highest BCUT2D eigenvalue weighted by molar-refractivity contribution is 7.10. The van der Waals surface area contributed by atoms with Crippen LogP contribution in [-0.4, -0.2) is 65.4 Å². The van der Waals surface area contributed by atoms with Gasteiger partial charge in [0.2, 0.25) is 0 Å². The molecule has 0 atom stereocenters. The van der Waals surface area contributed by atoms with E-state index in [1.807, 2.05) is 24.5 Å². The van der Waals surface area contributed by atoms with Gasteiger partial charge in [-0.05, 0) is 55.8 Å². The minimum atomic E-state index is -0.994. The Morgan fingerprint density at radius 1 is 1.28 bits per heavy atom. The Hall–Kier alpha value is -3.43. The van der Waals surface area contributed by atoms with Crippen LogP contribution in [0.3, 0.4) is 0 Å². The fourth-order valence-electron chi connectivity index (χ4n) is 4.57. The zero-order valence-electron chi connectivity index (χ0n) is 20.6. The van der Waals surface area contributed by atoms with Gasteiger partial charge in [0, 0.05) is 55.3 Å². The summed E-state index contributed by atoms with van der Waals surface area (Å²) in [7, 11) is 0. The minimum Gasteiger partial charge on any atom is -0.495 e. The van der Waals surface area contributed by atoms with Crippen LogP contribution in [0.25, 0.3) is 5.57 Å². The number of allylic oxidation sites excluding steroid dienone is 3. The van der Waals surface area contributed by atoms with Gasteiger partial charge in [-0.2, -0.15) is 0 Å². The Kier molecular flexibility index (Phi) is 7.91. The van der Waals surface area contributed by atoms with Crippen molar-refractivity contribution in [2.75, 3.05) is 37.7 Å². The van der Waals surface area contributed by atoms with Crippen molar-refractivity contribution >= 4 is 34.7 Å². The van der Waals surface area contributed by atoms with E-state index in [1.54, 1.807) is 34.6 Å². The highest BCUT2D eigenvalue weighted by Crippen LogP contribution is 2.36. The number of benzene rings is 1. The van der Waals surface area contributed by atoms with E-state index in [0.717, 1.165) is 43.1 Å². The number of rotatable bonds is 9. The Bertz CT molecular complexity index is 1160. The van der Waals surface area contributed by atoms with Gasteiger partial charge >= 0.3 is 12.1 Å². The summed E-state index contributed by atoms with van der Waals surface area (Å²) in [5.41, 5.74) is 2.58. The number of amides is 1. The fourth-order valence-corrected chi connectivity index (χ4v) is 5.31. The van der Waals surface area contributed by atoms with Crippen LogP contribution in [0.5, 0.6) is 0 Å². The van der Waals surface area contributed by atoms with Gasteiger partial charge in [-0.25, -0.2) is 14.6 Å². The molecule has 0 unspecified atom stereocenters. The molecule has 0 saturated carbocycles. The lowest BCUT2D eigenvalue weighted by atomic mass is 9.91. The number of hydrogen-bond donors (Lipinski definition) is 1. The topological polar surface area (TPSA) is 92.2 Å². The molecule has 8 nitrogen and oxygen atoms in total. The van der Waals surface area contributed by atoms with Crippen molar-refractivity contribution in [3.63, 3.8) is 0 Å². The summed E-state index contributed by atoms with van der Waals surface area (Å²) in [6.45, 7) is 11.4. The molecular weight excluding hydrogens is 478 g/mol. The van der Waals surface area contributed by atoms with E-state index in [1.165, 1.54) is 17.7 Å². The monoisotopic (exact) mass is 509 g/mol. The summed E-state index contributed by atoms with van der Waals surface area (Å²) in [4.78, 5) is 32.2. The highest BCUT2D eigenvalue weighted by Gasteiger charge is 2.47. The molecule has 190 valence electrons. The van der Waals surface area contributed by atoms with Crippen molar-refractivity contribution in [1.82, 2.24) is 9.88 Å². The van der Waals surface area contributed by atoms with Crippen LogP contribution in [0.2, 0.25) is 0 Å². The lowest BCUT2D eigenvalue weighted by Gasteiger charge is -2.37. The number of carbonyl (C=O) groups is 2. The molecule has 2 aromatic rings. The first-order valence-corrected chi connectivity index (χ1v) is 12.8. The Balaban J connectivity index is 1.41. The zero-order valence-corrected chi connectivity index (χ0v) is 21.4. The first-order valence-electron chi connectivity index (χ1n) is 12.0. The van der Waals surface area contributed by atoms with E-state index >= 15 is 0 Å². The third-order valence-corrected chi connectivity index (χ3v) is 7.32. The molecule has 0 radical (unpaired) electrons. The molecule has 0 bridgehead atoms. The number of ether oxygens (including phenoxy) is 2. The van der Waals surface area contributed by atoms with Crippen LogP contribution in [0.15, 0.2) is 65.9 Å². The summed E-state index contributed by atoms with van der Waals surface area (Å²) in [6, 6.07) is 6.32. The van der Waals surface area contributed by atoms with E-state index in [0.29, 0.717) is 24.6 Å². The second kappa shape index (κ2) is 11.1. The highest BCUT2D eigenvalue weighted by atomic mass is 32.1. The molecule has 1 N–H and O–H groups in total. The molecule has 1 aromatic heterocycles. The molecule has 2 aliphatic heterocycles. The molecular formula is C27H31N3O5S. The van der Waals surface area contributed by atoms with Gasteiger partial charge in [0.05, 0.1) is 18.7 Å². The van der Waals surface area contributed by atoms with Crippen LogP contribution in [0, 0.1) is 0 Å². The predicted octanol–water partition coefficient (Wildman–Crippen LogP) is 5.21. The average Bonchev–Trinajstić information content (AvgIpc) is 3.49. The Morgan fingerprint density at radius 2 is 2.00 bits per heavy atom. The van der Waals surface area contributed by atoms with Crippen LogP contribution in [0.4, 0.5) is 10.5 Å². The Labute approximate surface area is 215 Å². The summed E-state index contributed by atoms with van der Waals surface area (Å²) >= 11 is 1.60. The molecule has 36 heavy (non-hydrogen) atoms. The number of hydrogen-bond acceptors (Lipinski definition) is 7. The van der Waals surface area contributed by atoms with Crippen LogP contribution < -0.4 is 4.90 Å². The van der Waals surface area contributed by atoms with E-state index in [2.05, 4.69) is 23.4 Å². The zero-order chi connectivity index (χ0) is 25.7. The number of carbonyl (C=O) groups excluding carboxylic acids is 1. The number of nitrogens with zero attached hydrogens (tertiary/aromatic N) is 3. The van der Waals surface area contributed by atoms with Gasteiger partial charge in [-0.3, -0.25) is 9.80 Å². The number of aromatic nitrogens is 1. The number of piperidine rings is 1. The quantitative estimate of drug-likeness (QED) is 0.366. The van der Waals surface area contributed by atoms with Crippen LogP contribution >= 0.6 is 11.3 Å². The SMILES string of the molecule is C=C(C=CC(=C(C)CN1CCC2(CC1)CN(c1ccc(C(=O)O)cc1)C(=O)O2)c1nccs1)OCC. The number of carboxylic acid groups (broad SMARTS) is 1. The van der Waals surface area contributed by atoms with Crippen LogP contribution in [0.1, 0.15) is 42.1 Å². The summed E-state index contributed by atoms with van der Waals surface area (Å²) in [6.07, 6.45) is 6.79. The van der Waals surface area contributed by atoms with E-state index in [9.17, 15) is 9.59 Å². The fraction of sp³-hybridized carbons (Fsp3) is 0.370. The van der Waals surface area contributed by atoms with Gasteiger partial charge in [0.15, 0.2) is 0 Å². The number of aromatic carboxylic acids is 1. The molecule has 4 rings (SSSR count). The van der Waals surface area contributed by atoms with Gasteiger partial charge in [-0.1, -0.05) is 6.58 Å². The largest absolute Gasteiger partial charge is 0.495 e. The third kappa shape index (κ3) is 5.85. The average molecular weight is 510 g/mol. The maximum absolute atomic E-state index is 12.7. The third-order valence-electron chi connectivity index (χ3n) is 6.51. The van der Waals surface area contributed by atoms with Crippen molar-refractivity contribution in [1.29, 1.82) is 0 Å². The molecule has 3 heterocycles. The van der Waals surface area contributed by atoms with E-state index < -0.39 is 11.6 Å². The van der Waals surface area contributed by atoms with Crippen molar-refractivity contribution in [2.24, 2.45) is 0 Å². The van der Waals surface area contributed by atoms with Gasteiger partial charge in [0.25, 0.3) is 0 Å². The van der Waals surface area contributed by atoms with Crippen molar-refractivity contribution in [2.45, 2.75) is 32.3 Å². The number of likely N-dealkylation sites (tertiary alicyclic amines) is 1. The first-order chi connectivity index (χ1) is 17.3. The normalized spacial score (nSPS) is 18.4. The second-order valence-corrected chi connectivity index (χ2v) is 9.92. The lowest BCUT2D eigenvalue weighted by Crippen LogP contribution is -2.47. The summed E-state index contributed by atoms with van der Waals surface area (Å²) < 4.78 is 11.3. The smallest absolute Gasteiger partial charge is 0.415 e. The van der Waals surface area contributed by atoms with Crippen molar-refractivity contribution in [3.05, 3.63) is 76.5 Å². The molecule has 9 heteroatoms. The molecule has 2 fully saturated rings. The second-order valence-electron chi connectivity index (χ2n) is 9.03. The number of thiazole rings is 1. The van der Waals surface area contributed by atoms with E-state index in [4.69, 9.17) is 14.6 Å². The van der Waals surface area contributed by atoms with Gasteiger partial charge < -0.3 is 14.6 Å². The molecule has 2 aliphatic rings. The maximum Gasteiger partial charge on any atom is 0.415 e. The number of anilines is 1. The molecule has 0 aliphatic carbocycles. The van der Waals surface area contributed by atoms with Crippen LogP contribution in [-0.2, 0) is 9.47 Å². The molecule has 1 amide bonds. The lowest BCUT2D eigenvalue weighted by molar-refractivity contribution is 0.00306. The summed E-state index contributed by atoms with van der Waals surface area (Å²) in [5.74, 6) is -0.379. The standard InChI is InChI=1S/C27H31N3O5S/c1-4-34-20(3)5-10-23(24-28-13-16-36-24)19(2)17-29-14-11-27(12-15-29)18-30(26(33)35-27)22-8-6-21(7-9-22)25(31)32/h5-10,13,16H,3-4,11-12,14-15,17-18H2,1-2H3,(H,31,32). The van der Waals surface area contributed by atoms with Crippen molar-refractivity contribution < 1.29 is 24.2 Å². The minimum absolute atomic E-state index is 0.187. The van der Waals surface area contributed by atoms with Gasteiger partial charge in [-0.15, -0.1) is 11.3 Å². The molecule has 1 aromatic carbocycles. The molecule has 2 saturated heterocycles. The maximum atomic E-state index is 12.7. The first kappa shape index (κ1) is 25.7. The molecule has 1 spiro atoms. The predicted molar refractivity (Wildman–Crippen MR) is 140 cm³/mol. The Morgan fingerprint density at radius 3 is 2.61 bits per heavy atom. The number of carboxylic acids is 1.